The summed E-state index contributed by atoms with van der Waals surface area (Å²) in [5.74, 6) is -0.353. The predicted octanol–water partition coefficient (Wildman–Crippen LogP) is 2.36. The Labute approximate surface area is 148 Å². The van der Waals surface area contributed by atoms with Gasteiger partial charge in [-0.2, -0.15) is 8.42 Å². The van der Waals surface area contributed by atoms with E-state index in [1.54, 1.807) is 12.1 Å². The number of carbonyl (C=O) groups is 1. The molecule has 0 aliphatic rings. The molecule has 0 atom stereocenters. The molecule has 8 nitrogen and oxygen atoms in total. The summed E-state index contributed by atoms with van der Waals surface area (Å²) >= 11 is 0.762. The zero-order valence-corrected chi connectivity index (χ0v) is 14.6. The number of carbonyl (C=O) groups excluding carboxylic acids is 1. The number of aromatic nitrogens is 3. The van der Waals surface area contributed by atoms with Crippen LogP contribution in [0.25, 0.3) is 11.3 Å². The van der Waals surface area contributed by atoms with Crippen molar-refractivity contribution >= 4 is 38.1 Å². The molecule has 0 unspecified atom stereocenters. The van der Waals surface area contributed by atoms with Crippen LogP contribution < -0.4 is 10.0 Å². The normalized spacial score (nSPS) is 11.1. The fraction of sp³-hybridized carbons (Fsp3) is 0.0667. The van der Waals surface area contributed by atoms with Crippen LogP contribution in [0.5, 0.6) is 0 Å². The lowest BCUT2D eigenvalue weighted by molar-refractivity contribution is -0.114. The average molecular weight is 375 g/mol. The molecular weight excluding hydrogens is 362 g/mol. The van der Waals surface area contributed by atoms with Gasteiger partial charge < -0.3 is 5.32 Å². The van der Waals surface area contributed by atoms with Crippen LogP contribution in [-0.2, 0) is 14.8 Å². The lowest BCUT2D eigenvalue weighted by Gasteiger charge is -2.06. The summed E-state index contributed by atoms with van der Waals surface area (Å²) in [7, 11) is -3.90. The monoisotopic (exact) mass is 375 g/mol. The first-order valence-corrected chi connectivity index (χ1v) is 9.39. The van der Waals surface area contributed by atoms with Crippen LogP contribution in [0.4, 0.5) is 10.8 Å². The summed E-state index contributed by atoms with van der Waals surface area (Å²) < 4.78 is 26.8. The van der Waals surface area contributed by atoms with Gasteiger partial charge in [-0.1, -0.05) is 41.7 Å². The zero-order chi connectivity index (χ0) is 17.9. The Bertz CT molecular complexity index is 986. The molecule has 0 radical (unpaired) electrons. The van der Waals surface area contributed by atoms with E-state index in [9.17, 15) is 13.2 Å². The van der Waals surface area contributed by atoms with Crippen LogP contribution in [0, 0.1) is 0 Å². The number of nitrogens with zero attached hydrogens (tertiary/aromatic N) is 3. The van der Waals surface area contributed by atoms with Crippen LogP contribution >= 0.6 is 11.3 Å². The third-order valence-electron chi connectivity index (χ3n) is 3.00. The fourth-order valence-corrected chi connectivity index (χ4v) is 3.94. The second kappa shape index (κ2) is 6.95. The number of nitrogens with one attached hydrogen (secondary N) is 2. The molecule has 0 aliphatic heterocycles. The number of pyridine rings is 1. The lowest BCUT2D eigenvalue weighted by atomic mass is 10.1. The number of rotatable bonds is 5. The molecule has 0 spiro atoms. The number of anilines is 2. The molecule has 0 saturated heterocycles. The lowest BCUT2D eigenvalue weighted by Crippen LogP contribution is -2.12. The van der Waals surface area contributed by atoms with E-state index in [-0.39, 0.29) is 15.4 Å². The first-order chi connectivity index (χ1) is 11.9. The Hall–Kier alpha value is -2.85. The van der Waals surface area contributed by atoms with E-state index >= 15 is 0 Å². The van der Waals surface area contributed by atoms with Gasteiger partial charge in [-0.3, -0.25) is 14.5 Å². The second-order valence-corrected chi connectivity index (χ2v) is 7.79. The number of benzene rings is 1. The van der Waals surface area contributed by atoms with Gasteiger partial charge in [0.05, 0.1) is 17.6 Å². The Morgan fingerprint density at radius 1 is 1.08 bits per heavy atom. The van der Waals surface area contributed by atoms with E-state index in [0.717, 1.165) is 22.6 Å². The third kappa shape index (κ3) is 4.17. The molecule has 3 aromatic rings. The van der Waals surface area contributed by atoms with Gasteiger partial charge >= 0.3 is 0 Å². The maximum atomic E-state index is 12.3. The van der Waals surface area contributed by atoms with Gasteiger partial charge in [0, 0.05) is 12.5 Å². The molecule has 2 N–H and O–H groups in total. The number of hydrogen-bond donors (Lipinski definition) is 2. The van der Waals surface area contributed by atoms with Crippen molar-refractivity contribution in [3.63, 3.8) is 0 Å². The third-order valence-corrected chi connectivity index (χ3v) is 5.59. The van der Waals surface area contributed by atoms with Crippen molar-refractivity contribution in [1.29, 1.82) is 0 Å². The van der Waals surface area contributed by atoms with Gasteiger partial charge in [0.1, 0.15) is 0 Å². The largest absolute Gasteiger partial charge is 0.301 e. The van der Waals surface area contributed by atoms with Crippen LogP contribution in [0.15, 0.2) is 53.0 Å². The second-order valence-electron chi connectivity index (χ2n) is 4.96. The van der Waals surface area contributed by atoms with Crippen LogP contribution in [0.2, 0.25) is 0 Å². The molecule has 10 heteroatoms. The molecule has 3 rings (SSSR count). The highest BCUT2D eigenvalue weighted by Crippen LogP contribution is 2.23. The minimum Gasteiger partial charge on any atom is -0.301 e. The van der Waals surface area contributed by atoms with Gasteiger partial charge in [-0.25, -0.2) is 0 Å². The quantitative estimate of drug-likeness (QED) is 0.662. The summed E-state index contributed by atoms with van der Waals surface area (Å²) in [6.45, 7) is 1.30. The topological polar surface area (TPSA) is 114 Å². The molecule has 0 bridgehead atoms. The molecular formula is C15H13N5O3S2. The average Bonchev–Trinajstić information content (AvgIpc) is 3.05. The van der Waals surface area contributed by atoms with Crippen LogP contribution in [-0.4, -0.2) is 29.5 Å². The van der Waals surface area contributed by atoms with Crippen LogP contribution in [0.1, 0.15) is 6.92 Å². The number of amides is 1. The van der Waals surface area contributed by atoms with Crippen LogP contribution in [0.3, 0.4) is 0 Å². The van der Waals surface area contributed by atoms with Gasteiger partial charge in [-0.05, 0) is 12.1 Å². The fourth-order valence-electron chi connectivity index (χ4n) is 1.95. The molecule has 25 heavy (non-hydrogen) atoms. The minimum atomic E-state index is -3.90. The Morgan fingerprint density at radius 3 is 2.48 bits per heavy atom. The zero-order valence-electron chi connectivity index (χ0n) is 13.0. The molecule has 0 fully saturated rings. The van der Waals surface area contributed by atoms with Crippen molar-refractivity contribution in [2.24, 2.45) is 0 Å². The van der Waals surface area contributed by atoms with Crippen molar-refractivity contribution in [2.45, 2.75) is 11.3 Å². The van der Waals surface area contributed by atoms with Gasteiger partial charge in [-0.15, -0.1) is 10.2 Å². The van der Waals surface area contributed by atoms with Gasteiger partial charge in [0.15, 0.2) is 0 Å². The summed E-state index contributed by atoms with van der Waals surface area (Å²) in [5, 5.41) is 9.71. The summed E-state index contributed by atoms with van der Waals surface area (Å²) in [6.07, 6.45) is 1.43. The number of hydrogen-bond acceptors (Lipinski definition) is 7. The number of sulfonamides is 1. The summed E-state index contributed by atoms with van der Waals surface area (Å²) in [4.78, 5) is 15.2. The van der Waals surface area contributed by atoms with Crippen molar-refractivity contribution in [2.75, 3.05) is 10.0 Å². The standard InChI is InChI=1S/C15H13N5O3S2/c1-10(21)17-14-18-19-15(24-14)25(22,23)20-12-7-8-13(16-9-12)11-5-3-2-4-6-11/h2-9,20H,1H3,(H,17,18,21). The van der Waals surface area contributed by atoms with E-state index < -0.39 is 10.0 Å². The van der Waals surface area contributed by atoms with Crippen molar-refractivity contribution in [3.05, 3.63) is 48.7 Å². The molecule has 2 aromatic heterocycles. The summed E-state index contributed by atoms with van der Waals surface area (Å²) in [5.41, 5.74) is 1.96. The predicted molar refractivity (Wildman–Crippen MR) is 94.7 cm³/mol. The summed E-state index contributed by atoms with van der Waals surface area (Å²) in [6, 6.07) is 12.9. The first-order valence-electron chi connectivity index (χ1n) is 7.09. The van der Waals surface area contributed by atoms with E-state index in [0.29, 0.717) is 5.69 Å². The van der Waals surface area contributed by atoms with E-state index in [4.69, 9.17) is 0 Å². The smallest absolute Gasteiger partial charge is 0.291 e. The highest BCUT2D eigenvalue weighted by atomic mass is 32.2. The molecule has 1 amide bonds. The highest BCUT2D eigenvalue weighted by Gasteiger charge is 2.21. The van der Waals surface area contributed by atoms with Crippen molar-refractivity contribution in [3.8, 4) is 11.3 Å². The van der Waals surface area contributed by atoms with Gasteiger partial charge in [0.2, 0.25) is 11.0 Å². The maximum absolute atomic E-state index is 12.3. The van der Waals surface area contributed by atoms with E-state index in [1.165, 1.54) is 13.1 Å². The SMILES string of the molecule is CC(=O)Nc1nnc(S(=O)(=O)Nc2ccc(-c3ccccc3)nc2)s1. The van der Waals surface area contributed by atoms with Crippen molar-refractivity contribution in [1.82, 2.24) is 15.2 Å². The maximum Gasteiger partial charge on any atom is 0.291 e. The Morgan fingerprint density at radius 2 is 1.84 bits per heavy atom. The molecule has 0 aliphatic carbocycles. The van der Waals surface area contributed by atoms with E-state index in [1.807, 2.05) is 30.3 Å². The molecule has 0 saturated carbocycles. The molecule has 1 aromatic carbocycles. The molecule has 2 heterocycles. The minimum absolute atomic E-state index is 0.116. The van der Waals surface area contributed by atoms with Gasteiger partial charge in [0.25, 0.3) is 14.4 Å². The highest BCUT2D eigenvalue weighted by molar-refractivity contribution is 7.94. The Balaban J connectivity index is 1.77. The van der Waals surface area contributed by atoms with Crippen molar-refractivity contribution < 1.29 is 13.2 Å². The Kier molecular flexibility index (Phi) is 4.72. The van der Waals surface area contributed by atoms with E-state index in [2.05, 4.69) is 25.2 Å². The first kappa shape index (κ1) is 17.0. The molecule has 128 valence electrons.